The first-order valence-electron chi connectivity index (χ1n) is 19.2. The number of esters is 1. The number of carbonyl (C=O) groups excluding carboxylic acids is 6. The third kappa shape index (κ3) is 20.9. The predicted molar refractivity (Wildman–Crippen MR) is 215 cm³/mol. The third-order valence-corrected chi connectivity index (χ3v) is 9.26. The summed E-state index contributed by atoms with van der Waals surface area (Å²) in [5.41, 5.74) is 6.21. The fourth-order valence-corrected chi connectivity index (χ4v) is 5.63. The maximum absolute atomic E-state index is 13.2. The third-order valence-electron chi connectivity index (χ3n) is 8.38. The van der Waals surface area contributed by atoms with Crippen LogP contribution in [0.15, 0.2) is 41.8 Å². The van der Waals surface area contributed by atoms with E-state index in [9.17, 15) is 37.2 Å². The molecule has 0 saturated heterocycles. The number of ether oxygens (including phenoxy) is 3. The Labute approximate surface area is 341 Å². The quantitative estimate of drug-likeness (QED) is 0.0515. The molecule has 0 radical (unpaired) electrons. The van der Waals surface area contributed by atoms with Gasteiger partial charge in [0.1, 0.15) is 25.1 Å². The number of sulfone groups is 1. The van der Waals surface area contributed by atoms with Crippen LogP contribution in [0.1, 0.15) is 109 Å². The van der Waals surface area contributed by atoms with Crippen molar-refractivity contribution in [2.45, 2.75) is 103 Å². The number of primary amides is 1. The molecule has 2 atom stereocenters. The van der Waals surface area contributed by atoms with Gasteiger partial charge in [-0.3, -0.25) is 24.0 Å². The van der Waals surface area contributed by atoms with E-state index in [2.05, 4.69) is 32.4 Å². The van der Waals surface area contributed by atoms with Crippen LogP contribution in [0.5, 0.6) is 0 Å². The number of benzene rings is 1. The van der Waals surface area contributed by atoms with Crippen LogP contribution in [0.3, 0.4) is 0 Å². The number of hydrogen-bond acceptors (Lipinski definition) is 13. The minimum absolute atomic E-state index is 0.0957. The Kier molecular flexibility index (Phi) is 21.5. The van der Waals surface area contributed by atoms with Gasteiger partial charge in [-0.2, -0.15) is 0 Å². The van der Waals surface area contributed by atoms with Gasteiger partial charge in [0.2, 0.25) is 20.9 Å². The second kappa shape index (κ2) is 25.3. The van der Waals surface area contributed by atoms with Gasteiger partial charge in [-0.15, -0.1) is 0 Å². The fourth-order valence-electron chi connectivity index (χ4n) is 5.14. The first-order valence-corrected chi connectivity index (χ1v) is 21.1. The molecule has 1 aromatic heterocycles. The summed E-state index contributed by atoms with van der Waals surface area (Å²) in [5.74, 6) is 3.83. The molecule has 2 rings (SSSR count). The number of anilines is 1. The number of urea groups is 1. The highest BCUT2D eigenvalue weighted by atomic mass is 32.2. The number of unbranched alkanes of at least 4 members (excludes halogenated alkanes) is 1. The van der Waals surface area contributed by atoms with Gasteiger partial charge in [0.25, 0.3) is 0 Å². The highest BCUT2D eigenvalue weighted by Gasteiger charge is 2.26. The van der Waals surface area contributed by atoms with E-state index in [4.69, 9.17) is 19.9 Å². The lowest BCUT2D eigenvalue weighted by molar-refractivity contribution is -0.158. The van der Waals surface area contributed by atoms with E-state index in [1.807, 2.05) is 0 Å². The van der Waals surface area contributed by atoms with Crippen molar-refractivity contribution in [3.63, 3.8) is 0 Å². The van der Waals surface area contributed by atoms with Crippen LogP contribution in [-0.2, 0) is 48.0 Å². The molecule has 1 unspecified atom stereocenters. The molecule has 4 N–H and O–H groups in total. The van der Waals surface area contributed by atoms with E-state index in [0.29, 0.717) is 69.4 Å². The average Bonchev–Trinajstić information content (AvgIpc) is 3.15. The van der Waals surface area contributed by atoms with Gasteiger partial charge < -0.3 is 30.6 Å². The molecule has 58 heavy (non-hydrogen) atoms. The van der Waals surface area contributed by atoms with Crippen molar-refractivity contribution in [1.82, 2.24) is 15.3 Å². The highest BCUT2D eigenvalue weighted by molar-refractivity contribution is 7.90. The fraction of sp³-hybridized carbons (Fsp3) is 0.561. The van der Waals surface area contributed by atoms with Crippen LogP contribution in [0.25, 0.3) is 0 Å². The van der Waals surface area contributed by atoms with Gasteiger partial charge in [-0.25, -0.2) is 23.2 Å². The molecular formula is C41H57N5O11S. The largest absolute Gasteiger partial charge is 0.457 e. The van der Waals surface area contributed by atoms with Gasteiger partial charge in [-0.05, 0) is 77.5 Å². The summed E-state index contributed by atoms with van der Waals surface area (Å²) in [7, 11) is -3.47. The predicted octanol–water partition coefficient (Wildman–Crippen LogP) is 4.45. The molecule has 0 fully saturated rings. The lowest BCUT2D eigenvalue weighted by atomic mass is 9.95. The van der Waals surface area contributed by atoms with Gasteiger partial charge in [0.15, 0.2) is 11.6 Å². The molecule has 3 amide bonds. The summed E-state index contributed by atoms with van der Waals surface area (Å²) < 4.78 is 39.3. The number of nitrogens with one attached hydrogen (secondary N) is 2. The number of carbonyl (C=O) groups is 6. The zero-order valence-corrected chi connectivity index (χ0v) is 34.9. The molecule has 0 aliphatic rings. The Hall–Kier alpha value is -5.05. The summed E-state index contributed by atoms with van der Waals surface area (Å²) in [6.45, 7) is 7.39. The molecule has 0 aliphatic carbocycles. The average molecular weight is 828 g/mol. The number of hydrogen-bond donors (Lipinski definition) is 3. The van der Waals surface area contributed by atoms with Crippen molar-refractivity contribution in [2.75, 3.05) is 44.5 Å². The Morgan fingerprint density at radius 1 is 0.845 bits per heavy atom. The monoisotopic (exact) mass is 827 g/mol. The van der Waals surface area contributed by atoms with Crippen LogP contribution in [0.4, 0.5) is 10.5 Å². The van der Waals surface area contributed by atoms with Crippen molar-refractivity contribution in [1.29, 1.82) is 0 Å². The maximum Gasteiger partial charge on any atom is 0.312 e. The first kappa shape index (κ1) is 49.1. The number of ketones is 3. The van der Waals surface area contributed by atoms with Crippen LogP contribution in [-0.4, -0.2) is 92.9 Å². The van der Waals surface area contributed by atoms with E-state index in [-0.39, 0.29) is 67.5 Å². The smallest absolute Gasteiger partial charge is 0.312 e. The van der Waals surface area contributed by atoms with Gasteiger partial charge in [-0.1, -0.05) is 24.0 Å². The Bertz CT molecular complexity index is 1850. The molecule has 0 bridgehead atoms. The van der Waals surface area contributed by atoms with E-state index in [1.54, 1.807) is 52.0 Å². The SMILES string of the molecule is CC(OC(=O)C(C)(C)C)c1ccc(NC(=O)[C@H](CCCNC(N)=O)CC(=O)COCC(=O)CCCOCCCC(=O)CCCC#Cc2cnc(S(C)(=O)=O)nc2)cc1. The molecular weight excluding hydrogens is 771 g/mol. The molecule has 318 valence electrons. The van der Waals surface area contributed by atoms with Crippen molar-refractivity contribution in [3.05, 3.63) is 47.8 Å². The Morgan fingerprint density at radius 2 is 1.45 bits per heavy atom. The Balaban J connectivity index is 1.65. The zero-order valence-electron chi connectivity index (χ0n) is 34.1. The second-order valence-corrected chi connectivity index (χ2v) is 16.8. The van der Waals surface area contributed by atoms with Crippen molar-refractivity contribution < 1.29 is 51.4 Å². The minimum Gasteiger partial charge on any atom is -0.457 e. The molecule has 1 aromatic carbocycles. The summed E-state index contributed by atoms with van der Waals surface area (Å²) in [4.78, 5) is 81.3. The van der Waals surface area contributed by atoms with Crippen LogP contribution in [0, 0.1) is 23.2 Å². The summed E-state index contributed by atoms with van der Waals surface area (Å²) >= 11 is 0. The Morgan fingerprint density at radius 3 is 2.05 bits per heavy atom. The first-order chi connectivity index (χ1) is 27.3. The van der Waals surface area contributed by atoms with Gasteiger partial charge >= 0.3 is 12.0 Å². The normalized spacial score (nSPS) is 12.4. The standard InChI is InChI=1S/C41H57N5O11S/c1-29(57-38(51)41(2,3)4)31-17-19-33(20-18-31)46-37(50)32(13-9-21-43-39(42)52)24-36(49)28-56-27-35(48)16-11-23-55-22-10-15-34(47)14-8-6-7-12-30-25-44-40(45-26-30)58(5,53)54/h17-20,25-26,29,32H,6,8-11,13-16,21-24,27-28H2,1-5H3,(H,46,50)(H3,42,43,52)/t29?,32-/m1/s1. The van der Waals surface area contributed by atoms with E-state index >= 15 is 0 Å². The second-order valence-electron chi connectivity index (χ2n) is 14.9. The van der Waals surface area contributed by atoms with E-state index in [0.717, 1.165) is 11.8 Å². The highest BCUT2D eigenvalue weighted by Crippen LogP contribution is 2.25. The number of amides is 3. The summed E-state index contributed by atoms with van der Waals surface area (Å²) in [6, 6.07) is 6.14. The van der Waals surface area contributed by atoms with E-state index in [1.165, 1.54) is 12.4 Å². The molecule has 0 aliphatic heterocycles. The molecule has 17 heteroatoms. The number of nitrogens with zero attached hydrogens (tertiary/aromatic N) is 2. The molecule has 0 spiro atoms. The maximum atomic E-state index is 13.2. The number of aromatic nitrogens is 2. The van der Waals surface area contributed by atoms with Crippen LogP contribution >= 0.6 is 0 Å². The van der Waals surface area contributed by atoms with Crippen LogP contribution in [0.2, 0.25) is 0 Å². The summed E-state index contributed by atoms with van der Waals surface area (Å²) in [6.07, 6.45) is 6.78. The number of rotatable bonds is 26. The molecule has 16 nitrogen and oxygen atoms in total. The minimum atomic E-state index is -3.47. The molecule has 1 heterocycles. The lowest BCUT2D eigenvalue weighted by Crippen LogP contribution is -2.31. The van der Waals surface area contributed by atoms with Crippen LogP contribution < -0.4 is 16.4 Å². The number of nitrogens with two attached hydrogens (primary N) is 1. The van der Waals surface area contributed by atoms with Crippen molar-refractivity contribution in [2.24, 2.45) is 17.1 Å². The summed E-state index contributed by atoms with van der Waals surface area (Å²) in [5, 5.41) is 5.02. The number of Topliss-reactive ketones (excluding diaryl/α,β-unsaturated/α-hetero) is 3. The van der Waals surface area contributed by atoms with Gasteiger partial charge in [0, 0.05) is 82.1 Å². The van der Waals surface area contributed by atoms with Crippen molar-refractivity contribution in [3.8, 4) is 11.8 Å². The van der Waals surface area contributed by atoms with E-state index < -0.39 is 39.2 Å². The van der Waals surface area contributed by atoms with Gasteiger partial charge in [0.05, 0.1) is 11.0 Å². The molecule has 0 saturated carbocycles. The molecule has 2 aromatic rings. The lowest BCUT2D eigenvalue weighted by Gasteiger charge is -2.21. The topological polar surface area (TPSA) is 240 Å². The zero-order chi connectivity index (χ0) is 43.1. The van der Waals surface area contributed by atoms with Crippen molar-refractivity contribution >= 4 is 50.8 Å².